The number of hydrogen-bond donors (Lipinski definition) is 3. The highest BCUT2D eigenvalue weighted by molar-refractivity contribution is 5.85. The molecule has 0 bridgehead atoms. The fourth-order valence-corrected chi connectivity index (χ4v) is 5.67. The van der Waals surface area contributed by atoms with Crippen LogP contribution in [0.4, 0.5) is 0 Å². The Morgan fingerprint density at radius 3 is 2.47 bits per heavy atom. The zero-order valence-corrected chi connectivity index (χ0v) is 22.7. The second-order valence-electron chi connectivity index (χ2n) is 10.5. The number of aromatic hydroxyl groups is 1. The summed E-state index contributed by atoms with van der Waals surface area (Å²) >= 11 is 0. The number of hydrogen-bond acceptors (Lipinski definition) is 5. The van der Waals surface area contributed by atoms with Gasteiger partial charge in [-0.3, -0.25) is 4.90 Å². The molecule has 0 saturated carbocycles. The van der Waals surface area contributed by atoms with Gasteiger partial charge in [0, 0.05) is 26.2 Å². The molecule has 2 saturated heterocycles. The summed E-state index contributed by atoms with van der Waals surface area (Å²) in [5.41, 5.74) is 5.97. The quantitative estimate of drug-likeness (QED) is 0.316. The number of allylic oxidation sites excluding steroid dienone is 6. The topological polar surface area (TPSA) is 65.0 Å². The molecule has 2 aliphatic heterocycles. The van der Waals surface area contributed by atoms with Crippen molar-refractivity contribution in [3.8, 4) is 11.5 Å². The van der Waals surface area contributed by atoms with Crippen molar-refractivity contribution in [3.63, 3.8) is 0 Å². The van der Waals surface area contributed by atoms with Gasteiger partial charge in [0.05, 0.1) is 0 Å². The summed E-state index contributed by atoms with van der Waals surface area (Å²) < 4.78 is 6.14. The Morgan fingerprint density at radius 2 is 1.82 bits per heavy atom. The predicted octanol–water partition coefficient (Wildman–Crippen LogP) is 5.72. The van der Waals surface area contributed by atoms with Crippen LogP contribution in [0.15, 0.2) is 90.6 Å². The van der Waals surface area contributed by atoms with Crippen LogP contribution in [0.1, 0.15) is 43.7 Å². The molecule has 0 aromatic heterocycles. The van der Waals surface area contributed by atoms with Crippen molar-refractivity contribution in [2.24, 2.45) is 5.41 Å². The lowest BCUT2D eigenvalue weighted by atomic mass is 9.87. The van der Waals surface area contributed by atoms with Crippen LogP contribution >= 0.6 is 0 Å². The minimum atomic E-state index is 0.129. The average Bonchev–Trinajstić information content (AvgIpc) is 3.57. The van der Waals surface area contributed by atoms with Gasteiger partial charge in [0.25, 0.3) is 0 Å². The highest BCUT2D eigenvalue weighted by Gasteiger charge is 2.39. The maximum absolute atomic E-state index is 9.90. The molecule has 38 heavy (non-hydrogen) atoms. The zero-order valence-electron chi connectivity index (χ0n) is 22.7. The molecule has 5 nitrogen and oxygen atoms in total. The molecule has 0 aliphatic carbocycles. The molecule has 1 atom stereocenters. The smallest absolute Gasteiger partial charge is 0.119 e. The number of ether oxygens (including phenoxy) is 1. The summed E-state index contributed by atoms with van der Waals surface area (Å²) in [5.74, 6) is 1.11. The second kappa shape index (κ2) is 13.6. The van der Waals surface area contributed by atoms with E-state index < -0.39 is 0 Å². The number of nitrogens with zero attached hydrogens (tertiary/aromatic N) is 1. The summed E-state index contributed by atoms with van der Waals surface area (Å²) in [6, 6.07) is 15.6. The van der Waals surface area contributed by atoms with Crippen molar-refractivity contribution in [1.29, 1.82) is 0 Å². The number of phenolic OH excluding ortho intramolecular Hbond substituents is 1. The van der Waals surface area contributed by atoms with Crippen LogP contribution in [0.2, 0.25) is 0 Å². The van der Waals surface area contributed by atoms with Crippen LogP contribution in [0.5, 0.6) is 11.5 Å². The Bertz CT molecular complexity index is 1140. The molecule has 2 heterocycles. The normalized spacial score (nSPS) is 20.8. The molecule has 0 amide bonds. The van der Waals surface area contributed by atoms with Gasteiger partial charge in [-0.05, 0) is 103 Å². The van der Waals surface area contributed by atoms with Crippen LogP contribution in [-0.4, -0.2) is 61.1 Å². The van der Waals surface area contributed by atoms with Gasteiger partial charge < -0.3 is 20.3 Å². The number of likely N-dealkylation sites (tertiary alicyclic amines) is 1. The predicted molar refractivity (Wildman–Crippen MR) is 156 cm³/mol. The SMILES string of the molecule is C=C\C=C/C=C(C)/C(CCCO)=C(/c1ccc(O)cc1)c1ccc(OCCN2CCC3(CCNC3)C2)cc1. The van der Waals surface area contributed by atoms with Gasteiger partial charge in [0.15, 0.2) is 0 Å². The standard InChI is InChI=1S/C33H42N2O3/c1-3-4-5-7-26(2)31(8-6-22-36)32(27-9-13-29(37)14-10-27)28-11-15-30(16-12-28)38-23-21-35-20-18-33(25-35)17-19-34-24-33/h3-5,7,9-16,34,36-37H,1,6,8,17-25H2,2H3/b5-4-,26-7+,32-31-. The highest BCUT2D eigenvalue weighted by Crippen LogP contribution is 2.36. The molecule has 4 rings (SSSR count). The van der Waals surface area contributed by atoms with Crippen LogP contribution < -0.4 is 10.1 Å². The molecule has 1 spiro atoms. The second-order valence-corrected chi connectivity index (χ2v) is 10.5. The first-order chi connectivity index (χ1) is 18.5. The number of aliphatic hydroxyl groups excluding tert-OH is 1. The van der Waals surface area contributed by atoms with Crippen molar-refractivity contribution in [2.45, 2.75) is 32.6 Å². The summed E-state index contributed by atoms with van der Waals surface area (Å²) in [6.45, 7) is 12.3. The number of benzene rings is 2. The molecule has 2 aromatic rings. The van der Waals surface area contributed by atoms with Crippen LogP contribution in [0.25, 0.3) is 5.57 Å². The molecule has 2 aromatic carbocycles. The van der Waals surface area contributed by atoms with E-state index in [1.807, 2.05) is 36.4 Å². The summed E-state index contributed by atoms with van der Waals surface area (Å²) in [5, 5.41) is 23.0. The van der Waals surface area contributed by atoms with Crippen LogP contribution in [0, 0.1) is 5.41 Å². The van der Waals surface area contributed by atoms with E-state index in [2.05, 4.69) is 41.9 Å². The van der Waals surface area contributed by atoms with Crippen molar-refractivity contribution in [2.75, 3.05) is 45.9 Å². The van der Waals surface area contributed by atoms with Gasteiger partial charge in [-0.1, -0.05) is 55.1 Å². The minimum Gasteiger partial charge on any atom is -0.508 e. The Balaban J connectivity index is 1.53. The van der Waals surface area contributed by atoms with E-state index >= 15 is 0 Å². The van der Waals surface area contributed by atoms with Gasteiger partial charge in [-0.2, -0.15) is 0 Å². The highest BCUT2D eigenvalue weighted by atomic mass is 16.5. The van der Waals surface area contributed by atoms with Gasteiger partial charge in [-0.15, -0.1) is 0 Å². The third-order valence-electron chi connectivity index (χ3n) is 7.78. The first kappa shape index (κ1) is 27.9. The van der Waals surface area contributed by atoms with Gasteiger partial charge in [0.2, 0.25) is 0 Å². The largest absolute Gasteiger partial charge is 0.508 e. The molecular formula is C33H42N2O3. The lowest BCUT2D eigenvalue weighted by Gasteiger charge is -2.22. The zero-order chi connectivity index (χ0) is 26.8. The average molecular weight is 515 g/mol. The maximum atomic E-state index is 9.90. The van der Waals surface area contributed by atoms with Gasteiger partial charge in [-0.25, -0.2) is 0 Å². The summed E-state index contributed by atoms with van der Waals surface area (Å²) in [6.07, 6.45) is 11.7. The fraction of sp³-hybridized carbons (Fsp3) is 0.394. The molecule has 5 heteroatoms. The first-order valence-electron chi connectivity index (χ1n) is 13.8. The van der Waals surface area contributed by atoms with Crippen molar-refractivity contribution in [1.82, 2.24) is 10.2 Å². The molecule has 2 aliphatic rings. The molecule has 0 radical (unpaired) electrons. The van der Waals surface area contributed by atoms with E-state index in [1.165, 1.54) is 19.4 Å². The lowest BCUT2D eigenvalue weighted by molar-refractivity contribution is 0.217. The Hall–Kier alpha value is -3.12. The summed E-state index contributed by atoms with van der Waals surface area (Å²) in [4.78, 5) is 2.54. The Labute approximate surface area is 227 Å². The molecule has 2 fully saturated rings. The number of nitrogens with one attached hydrogen (secondary N) is 1. The van der Waals surface area contributed by atoms with Crippen molar-refractivity contribution >= 4 is 5.57 Å². The van der Waals surface area contributed by atoms with Crippen LogP contribution in [-0.2, 0) is 0 Å². The lowest BCUT2D eigenvalue weighted by Crippen LogP contribution is -2.31. The van der Waals surface area contributed by atoms with E-state index in [-0.39, 0.29) is 12.4 Å². The van der Waals surface area contributed by atoms with E-state index in [1.54, 1.807) is 18.2 Å². The van der Waals surface area contributed by atoms with Gasteiger partial charge >= 0.3 is 0 Å². The minimum absolute atomic E-state index is 0.129. The van der Waals surface area contributed by atoms with Gasteiger partial charge in [0.1, 0.15) is 18.1 Å². The van der Waals surface area contributed by atoms with E-state index in [9.17, 15) is 10.2 Å². The fourth-order valence-electron chi connectivity index (χ4n) is 5.67. The van der Waals surface area contributed by atoms with Crippen molar-refractivity contribution in [3.05, 3.63) is 102 Å². The number of phenols is 1. The molecular weight excluding hydrogens is 472 g/mol. The third kappa shape index (κ3) is 7.25. The summed E-state index contributed by atoms with van der Waals surface area (Å²) in [7, 11) is 0. The van der Waals surface area contributed by atoms with E-state index in [4.69, 9.17) is 4.74 Å². The molecule has 1 unspecified atom stereocenters. The maximum Gasteiger partial charge on any atom is 0.119 e. The van der Waals surface area contributed by atoms with Crippen molar-refractivity contribution < 1.29 is 14.9 Å². The Kier molecular flexibility index (Phi) is 9.99. The Morgan fingerprint density at radius 1 is 1.08 bits per heavy atom. The molecule has 202 valence electrons. The van der Waals surface area contributed by atoms with Crippen LogP contribution in [0.3, 0.4) is 0 Å². The number of aliphatic hydroxyl groups is 1. The number of rotatable bonds is 12. The van der Waals surface area contributed by atoms with E-state index in [0.717, 1.165) is 66.2 Å². The third-order valence-corrected chi connectivity index (χ3v) is 7.78. The molecule has 3 N–H and O–H groups in total. The monoisotopic (exact) mass is 514 g/mol. The first-order valence-corrected chi connectivity index (χ1v) is 13.8. The van der Waals surface area contributed by atoms with E-state index in [0.29, 0.717) is 18.4 Å².